The quantitative estimate of drug-likeness (QED) is 0.845. The molecule has 0 radical (unpaired) electrons. The number of carbonyl (C=O) groups is 1. The van der Waals surface area contributed by atoms with E-state index in [0.717, 1.165) is 18.4 Å². The van der Waals surface area contributed by atoms with Gasteiger partial charge in [-0.25, -0.2) is 0 Å². The second-order valence-electron chi connectivity index (χ2n) is 4.98. The Labute approximate surface area is 121 Å². The Morgan fingerprint density at radius 2 is 2.35 bits per heavy atom. The van der Waals surface area contributed by atoms with E-state index >= 15 is 0 Å². The number of nitrogens with one attached hydrogen (secondary N) is 2. The zero-order valence-corrected chi connectivity index (χ0v) is 12.2. The Morgan fingerprint density at radius 3 is 3.00 bits per heavy atom. The summed E-state index contributed by atoms with van der Waals surface area (Å²) in [5.74, 6) is 0.462. The molecule has 1 saturated carbocycles. The summed E-state index contributed by atoms with van der Waals surface area (Å²) in [5.41, 5.74) is 1.43. The Hall–Kier alpha value is -1.89. The van der Waals surface area contributed by atoms with Crippen LogP contribution in [0.2, 0.25) is 0 Å². The molecule has 20 heavy (non-hydrogen) atoms. The van der Waals surface area contributed by atoms with Crippen LogP contribution >= 0.6 is 12.2 Å². The van der Waals surface area contributed by atoms with Crippen LogP contribution in [0.4, 0.5) is 0 Å². The first-order valence-electron chi connectivity index (χ1n) is 6.56. The van der Waals surface area contributed by atoms with Crippen molar-refractivity contribution >= 4 is 29.3 Å². The molecule has 0 aliphatic heterocycles. The van der Waals surface area contributed by atoms with E-state index in [0.29, 0.717) is 22.3 Å². The van der Waals surface area contributed by atoms with E-state index in [1.807, 2.05) is 13.0 Å². The van der Waals surface area contributed by atoms with Gasteiger partial charge in [-0.2, -0.15) is 4.98 Å². The summed E-state index contributed by atoms with van der Waals surface area (Å²) < 4.78 is 7.34. The summed E-state index contributed by atoms with van der Waals surface area (Å²) in [5, 5.41) is 2.98. The molecule has 2 aromatic heterocycles. The first-order valence-corrected chi connectivity index (χ1v) is 6.96. The number of hydrogen-bond donors (Lipinski definition) is 2. The lowest BCUT2D eigenvalue weighted by Crippen LogP contribution is -2.32. The van der Waals surface area contributed by atoms with Crippen molar-refractivity contribution in [1.82, 2.24) is 19.9 Å². The first-order chi connectivity index (χ1) is 9.60. The smallest absolute Gasteiger partial charge is 0.243 e. The molecule has 0 saturated heterocycles. The summed E-state index contributed by atoms with van der Waals surface area (Å²) in [7, 11) is 1.56. The molecule has 2 aromatic rings. The molecule has 1 amide bonds. The van der Waals surface area contributed by atoms with Gasteiger partial charge in [0.1, 0.15) is 6.04 Å². The van der Waals surface area contributed by atoms with Crippen LogP contribution in [0, 0.1) is 4.77 Å². The number of nitrogens with zero attached hydrogens (tertiary/aromatic N) is 2. The molecule has 1 fully saturated rings. The number of rotatable bonds is 4. The van der Waals surface area contributed by atoms with E-state index in [1.165, 1.54) is 0 Å². The molecule has 1 unspecified atom stereocenters. The Balaban J connectivity index is 2.02. The fraction of sp³-hybridized carbons (Fsp3) is 0.462. The molecule has 0 aromatic carbocycles. The van der Waals surface area contributed by atoms with Gasteiger partial charge in [-0.15, -0.1) is 0 Å². The zero-order chi connectivity index (χ0) is 14.3. The van der Waals surface area contributed by atoms with E-state index in [4.69, 9.17) is 17.0 Å². The minimum Gasteiger partial charge on any atom is -0.481 e. The van der Waals surface area contributed by atoms with Crippen molar-refractivity contribution in [3.8, 4) is 5.88 Å². The second-order valence-corrected chi connectivity index (χ2v) is 5.37. The highest BCUT2D eigenvalue weighted by atomic mass is 32.1. The Bertz CT molecular complexity index is 717. The number of fused-ring (bicyclic) bond motifs is 1. The molecule has 0 spiro atoms. The molecule has 0 bridgehead atoms. The van der Waals surface area contributed by atoms with Gasteiger partial charge >= 0.3 is 0 Å². The molecule has 2 N–H and O–H groups in total. The lowest BCUT2D eigenvalue weighted by atomic mass is 10.3. The van der Waals surface area contributed by atoms with Crippen LogP contribution in [0.15, 0.2) is 12.1 Å². The largest absolute Gasteiger partial charge is 0.481 e. The van der Waals surface area contributed by atoms with Gasteiger partial charge < -0.3 is 15.0 Å². The number of H-pyrrole nitrogens is 1. The minimum absolute atomic E-state index is 0.0332. The Kier molecular flexibility index (Phi) is 3.21. The molecule has 1 aliphatic carbocycles. The van der Waals surface area contributed by atoms with Crippen LogP contribution in [-0.4, -0.2) is 33.6 Å². The minimum atomic E-state index is -0.406. The number of carbonyl (C=O) groups excluding carboxylic acids is 1. The van der Waals surface area contributed by atoms with Crippen molar-refractivity contribution in [2.24, 2.45) is 0 Å². The van der Waals surface area contributed by atoms with E-state index in [9.17, 15) is 4.79 Å². The summed E-state index contributed by atoms with van der Waals surface area (Å²) in [6, 6.07) is 3.52. The van der Waals surface area contributed by atoms with Gasteiger partial charge in [0.25, 0.3) is 0 Å². The lowest BCUT2D eigenvalue weighted by Gasteiger charge is -2.14. The Morgan fingerprint density at radius 1 is 1.60 bits per heavy atom. The molecular formula is C13H16N4O2S. The maximum atomic E-state index is 12.2. The molecule has 6 nitrogen and oxygen atoms in total. The third-order valence-electron chi connectivity index (χ3n) is 3.44. The molecule has 7 heteroatoms. The molecule has 1 aliphatic rings. The van der Waals surface area contributed by atoms with Crippen molar-refractivity contribution in [2.45, 2.75) is 31.8 Å². The van der Waals surface area contributed by atoms with Gasteiger partial charge in [0.2, 0.25) is 11.8 Å². The number of amides is 1. The molecular weight excluding hydrogens is 276 g/mol. The summed E-state index contributed by atoms with van der Waals surface area (Å²) >= 11 is 5.30. The number of pyridine rings is 1. The molecule has 1 atom stereocenters. The van der Waals surface area contributed by atoms with Crippen molar-refractivity contribution in [2.75, 3.05) is 7.11 Å². The summed E-state index contributed by atoms with van der Waals surface area (Å²) in [6.07, 6.45) is 2.12. The highest BCUT2D eigenvalue weighted by Gasteiger charge is 2.27. The normalized spacial score (nSPS) is 16.1. The average molecular weight is 292 g/mol. The van der Waals surface area contributed by atoms with Gasteiger partial charge in [-0.3, -0.25) is 9.36 Å². The third-order valence-corrected chi connectivity index (χ3v) is 3.74. The molecule has 3 rings (SSSR count). The number of aromatic nitrogens is 3. The number of ether oxygens (including phenoxy) is 1. The van der Waals surface area contributed by atoms with E-state index < -0.39 is 6.04 Å². The third kappa shape index (κ3) is 2.29. The van der Waals surface area contributed by atoms with Crippen LogP contribution in [0.3, 0.4) is 0 Å². The zero-order valence-electron chi connectivity index (χ0n) is 11.3. The van der Waals surface area contributed by atoms with Gasteiger partial charge in [0.05, 0.1) is 12.6 Å². The molecule has 2 heterocycles. The highest BCUT2D eigenvalue weighted by Crippen LogP contribution is 2.23. The SMILES string of the molecule is COc1ccc2[nH]c(=S)n(C(C)C(=O)NC3CC3)c2n1. The number of imidazole rings is 1. The maximum Gasteiger partial charge on any atom is 0.243 e. The predicted octanol–water partition coefficient (Wildman–Crippen LogP) is 1.94. The van der Waals surface area contributed by atoms with E-state index in [2.05, 4.69) is 15.3 Å². The van der Waals surface area contributed by atoms with E-state index in [-0.39, 0.29) is 5.91 Å². The van der Waals surface area contributed by atoms with Gasteiger partial charge in [-0.1, -0.05) is 0 Å². The van der Waals surface area contributed by atoms with E-state index in [1.54, 1.807) is 17.7 Å². The van der Waals surface area contributed by atoms with Gasteiger partial charge in [0, 0.05) is 12.1 Å². The predicted molar refractivity (Wildman–Crippen MR) is 77.3 cm³/mol. The fourth-order valence-corrected chi connectivity index (χ4v) is 2.48. The second kappa shape index (κ2) is 4.90. The van der Waals surface area contributed by atoms with Gasteiger partial charge in [-0.05, 0) is 38.0 Å². The van der Waals surface area contributed by atoms with Gasteiger partial charge in [0.15, 0.2) is 10.4 Å². The summed E-state index contributed by atoms with van der Waals surface area (Å²) in [6.45, 7) is 1.82. The van der Waals surface area contributed by atoms with Crippen molar-refractivity contribution in [1.29, 1.82) is 0 Å². The molecule has 106 valence electrons. The van der Waals surface area contributed by atoms with Crippen molar-refractivity contribution in [3.05, 3.63) is 16.9 Å². The van der Waals surface area contributed by atoms with Crippen molar-refractivity contribution < 1.29 is 9.53 Å². The maximum absolute atomic E-state index is 12.2. The van der Waals surface area contributed by atoms with Crippen LogP contribution in [0.5, 0.6) is 5.88 Å². The highest BCUT2D eigenvalue weighted by molar-refractivity contribution is 7.71. The van der Waals surface area contributed by atoms with Crippen LogP contribution in [0.1, 0.15) is 25.8 Å². The topological polar surface area (TPSA) is 71.9 Å². The number of methoxy groups -OCH3 is 1. The van der Waals surface area contributed by atoms with Crippen LogP contribution in [0.25, 0.3) is 11.2 Å². The van der Waals surface area contributed by atoms with Crippen LogP contribution in [-0.2, 0) is 4.79 Å². The summed E-state index contributed by atoms with van der Waals surface area (Å²) in [4.78, 5) is 19.6. The average Bonchev–Trinajstić information content (AvgIpc) is 3.18. The lowest BCUT2D eigenvalue weighted by molar-refractivity contribution is -0.123. The fourth-order valence-electron chi connectivity index (χ4n) is 2.12. The standard InChI is InChI=1S/C13H16N4O2S/c1-7(12(18)14-8-3-4-8)17-11-9(15-13(17)20)5-6-10(16-11)19-2/h5-8H,3-4H2,1-2H3,(H,14,18)(H,15,20). The monoisotopic (exact) mass is 292 g/mol. The van der Waals surface area contributed by atoms with Crippen molar-refractivity contribution in [3.63, 3.8) is 0 Å². The number of hydrogen-bond acceptors (Lipinski definition) is 4. The number of aromatic amines is 1. The van der Waals surface area contributed by atoms with Crippen LogP contribution < -0.4 is 10.1 Å². The first kappa shape index (κ1) is 13.1.